The van der Waals surface area contributed by atoms with Crippen molar-refractivity contribution < 1.29 is 17.6 Å². The van der Waals surface area contributed by atoms with E-state index in [-0.39, 0.29) is 16.3 Å². The number of rotatable bonds is 4. The predicted octanol–water partition coefficient (Wildman–Crippen LogP) is 2.55. The molecule has 24 heavy (non-hydrogen) atoms. The summed E-state index contributed by atoms with van der Waals surface area (Å²) in [6, 6.07) is 7.69. The van der Waals surface area contributed by atoms with Crippen LogP contribution in [0, 0.1) is 5.82 Å². The summed E-state index contributed by atoms with van der Waals surface area (Å²) in [5, 5.41) is 2.73. The maximum Gasteiger partial charge on any atom is 0.270 e. The lowest BCUT2D eigenvalue weighted by atomic mass is 10.1. The third-order valence-corrected chi connectivity index (χ3v) is 4.21. The summed E-state index contributed by atoms with van der Waals surface area (Å²) < 4.78 is 39.9. The summed E-state index contributed by atoms with van der Waals surface area (Å²) in [7, 11) is -3.92. The van der Waals surface area contributed by atoms with Gasteiger partial charge in [0.2, 0.25) is 0 Å². The largest absolute Gasteiger partial charge is 0.346 e. The van der Waals surface area contributed by atoms with Gasteiger partial charge in [0.05, 0.1) is 5.69 Å². The Bertz CT molecular complexity index is 844. The molecule has 0 aliphatic carbocycles. The normalized spacial score (nSPS) is 11.8. The first-order valence-electron chi connectivity index (χ1n) is 7.14. The Morgan fingerprint density at radius 1 is 1.17 bits per heavy atom. The van der Waals surface area contributed by atoms with Crippen molar-refractivity contribution in [3.05, 3.63) is 54.1 Å². The molecule has 0 fully saturated rings. The van der Waals surface area contributed by atoms with E-state index in [9.17, 15) is 17.6 Å². The van der Waals surface area contributed by atoms with Crippen molar-refractivity contribution in [2.75, 3.05) is 4.72 Å². The molecule has 0 spiro atoms. The summed E-state index contributed by atoms with van der Waals surface area (Å²) in [5.74, 6) is -0.952. The van der Waals surface area contributed by atoms with Gasteiger partial charge in [0.15, 0.2) is 0 Å². The molecule has 2 N–H and O–H groups in total. The van der Waals surface area contributed by atoms with Crippen LogP contribution in [0.5, 0.6) is 0 Å². The first-order chi connectivity index (χ1) is 11.1. The third kappa shape index (κ3) is 4.76. The predicted molar refractivity (Wildman–Crippen MR) is 88.7 cm³/mol. The fourth-order valence-corrected chi connectivity index (χ4v) is 2.84. The number of carbonyl (C=O) groups excluding carboxylic acids is 1. The summed E-state index contributed by atoms with van der Waals surface area (Å²) in [6.45, 7) is 5.48. The second kappa shape index (κ2) is 6.56. The van der Waals surface area contributed by atoms with Crippen molar-refractivity contribution in [2.24, 2.45) is 0 Å². The summed E-state index contributed by atoms with van der Waals surface area (Å²) >= 11 is 0. The molecule has 2 rings (SSSR count). The molecule has 128 valence electrons. The van der Waals surface area contributed by atoms with E-state index < -0.39 is 27.3 Å². The maximum absolute atomic E-state index is 13.1. The zero-order valence-electron chi connectivity index (χ0n) is 13.5. The Morgan fingerprint density at radius 2 is 1.88 bits per heavy atom. The first kappa shape index (κ1) is 17.9. The summed E-state index contributed by atoms with van der Waals surface area (Å²) in [6.07, 6.45) is 1.08. The summed E-state index contributed by atoms with van der Waals surface area (Å²) in [5.41, 5.74) is -0.221. The summed E-state index contributed by atoms with van der Waals surface area (Å²) in [4.78, 5) is 15.7. The highest BCUT2D eigenvalue weighted by Gasteiger charge is 2.19. The van der Waals surface area contributed by atoms with Gasteiger partial charge in [-0.2, -0.15) is 0 Å². The van der Waals surface area contributed by atoms with E-state index in [4.69, 9.17) is 0 Å². The first-order valence-corrected chi connectivity index (χ1v) is 8.62. The molecule has 1 heterocycles. The standard InChI is InChI=1S/C16H18FN3O3S/c1-16(2,3)19-15(21)14-8-7-13(10-18-14)24(22,23)20-12-6-4-5-11(17)9-12/h4-10,20H,1-3H3,(H,19,21). The Kier molecular flexibility index (Phi) is 4.88. The zero-order valence-corrected chi connectivity index (χ0v) is 14.3. The van der Waals surface area contributed by atoms with Gasteiger partial charge in [0, 0.05) is 11.7 Å². The van der Waals surface area contributed by atoms with Crippen LogP contribution in [0.3, 0.4) is 0 Å². The maximum atomic E-state index is 13.1. The monoisotopic (exact) mass is 351 g/mol. The zero-order chi connectivity index (χ0) is 18.0. The van der Waals surface area contributed by atoms with E-state index >= 15 is 0 Å². The number of nitrogens with zero attached hydrogens (tertiary/aromatic N) is 1. The number of pyridine rings is 1. The molecular weight excluding hydrogens is 333 g/mol. The van der Waals surface area contributed by atoms with Gasteiger partial charge in [0.25, 0.3) is 15.9 Å². The van der Waals surface area contributed by atoms with Crippen LogP contribution < -0.4 is 10.0 Å². The number of sulfonamides is 1. The van der Waals surface area contributed by atoms with Gasteiger partial charge in [-0.1, -0.05) is 6.07 Å². The second-order valence-electron chi connectivity index (χ2n) is 6.20. The third-order valence-electron chi connectivity index (χ3n) is 2.84. The Labute approximate surface area is 140 Å². The highest BCUT2D eigenvalue weighted by Crippen LogP contribution is 2.16. The topological polar surface area (TPSA) is 88.2 Å². The smallest absolute Gasteiger partial charge is 0.270 e. The number of benzene rings is 1. The Hall–Kier alpha value is -2.48. The number of carbonyl (C=O) groups is 1. The van der Waals surface area contributed by atoms with E-state index in [1.165, 1.54) is 30.3 Å². The molecule has 0 aliphatic heterocycles. The van der Waals surface area contributed by atoms with Crippen LogP contribution in [0.2, 0.25) is 0 Å². The van der Waals surface area contributed by atoms with E-state index in [1.807, 2.05) is 20.8 Å². The molecule has 1 amide bonds. The highest BCUT2D eigenvalue weighted by atomic mass is 32.2. The van der Waals surface area contributed by atoms with Crippen molar-refractivity contribution >= 4 is 21.6 Å². The lowest BCUT2D eigenvalue weighted by molar-refractivity contribution is 0.0914. The van der Waals surface area contributed by atoms with Crippen LogP contribution in [-0.4, -0.2) is 24.8 Å². The molecule has 0 bridgehead atoms. The molecule has 1 aromatic heterocycles. The Balaban J connectivity index is 2.19. The van der Waals surface area contributed by atoms with Crippen LogP contribution in [0.1, 0.15) is 31.3 Å². The molecule has 1 aromatic carbocycles. The molecule has 0 radical (unpaired) electrons. The minimum absolute atomic E-state index is 0.101. The van der Waals surface area contributed by atoms with Gasteiger partial charge in [-0.25, -0.2) is 17.8 Å². The van der Waals surface area contributed by atoms with E-state index in [0.717, 1.165) is 12.3 Å². The number of anilines is 1. The molecule has 0 aliphatic rings. The van der Waals surface area contributed by atoms with Crippen molar-refractivity contribution in [3.8, 4) is 0 Å². The van der Waals surface area contributed by atoms with Crippen molar-refractivity contribution in [1.29, 1.82) is 0 Å². The molecule has 6 nitrogen and oxygen atoms in total. The number of hydrogen-bond donors (Lipinski definition) is 2. The van der Waals surface area contributed by atoms with Crippen molar-refractivity contribution in [1.82, 2.24) is 10.3 Å². The number of nitrogens with one attached hydrogen (secondary N) is 2. The lowest BCUT2D eigenvalue weighted by Crippen LogP contribution is -2.40. The van der Waals surface area contributed by atoms with Gasteiger partial charge in [0.1, 0.15) is 16.4 Å². The van der Waals surface area contributed by atoms with Gasteiger partial charge < -0.3 is 5.32 Å². The molecule has 0 saturated heterocycles. The van der Waals surface area contributed by atoms with Gasteiger partial charge in [-0.15, -0.1) is 0 Å². The van der Waals surface area contributed by atoms with E-state index in [1.54, 1.807) is 0 Å². The number of amides is 1. The molecular formula is C16H18FN3O3S. The van der Waals surface area contributed by atoms with Crippen LogP contribution in [0.25, 0.3) is 0 Å². The Morgan fingerprint density at radius 3 is 2.42 bits per heavy atom. The fourth-order valence-electron chi connectivity index (χ4n) is 1.84. The average Bonchev–Trinajstić information content (AvgIpc) is 2.45. The van der Waals surface area contributed by atoms with Crippen molar-refractivity contribution in [3.63, 3.8) is 0 Å². The molecule has 0 unspecified atom stereocenters. The lowest BCUT2D eigenvalue weighted by Gasteiger charge is -2.20. The average molecular weight is 351 g/mol. The molecule has 8 heteroatoms. The van der Waals surface area contributed by atoms with Crippen LogP contribution in [0.15, 0.2) is 47.5 Å². The number of halogens is 1. The minimum Gasteiger partial charge on any atom is -0.346 e. The van der Waals surface area contributed by atoms with E-state index in [0.29, 0.717) is 0 Å². The SMILES string of the molecule is CC(C)(C)NC(=O)c1ccc(S(=O)(=O)Nc2cccc(F)c2)cn1. The number of aromatic nitrogens is 1. The fraction of sp³-hybridized carbons (Fsp3) is 0.250. The van der Waals surface area contributed by atoms with Crippen LogP contribution in [0.4, 0.5) is 10.1 Å². The van der Waals surface area contributed by atoms with Gasteiger partial charge in [-0.3, -0.25) is 9.52 Å². The number of hydrogen-bond acceptors (Lipinski definition) is 4. The molecule has 0 saturated carbocycles. The van der Waals surface area contributed by atoms with Crippen LogP contribution in [-0.2, 0) is 10.0 Å². The minimum atomic E-state index is -3.92. The van der Waals surface area contributed by atoms with Crippen LogP contribution >= 0.6 is 0 Å². The van der Waals surface area contributed by atoms with Gasteiger partial charge in [-0.05, 0) is 51.1 Å². The van der Waals surface area contributed by atoms with Gasteiger partial charge >= 0.3 is 0 Å². The second-order valence-corrected chi connectivity index (χ2v) is 7.88. The highest BCUT2D eigenvalue weighted by molar-refractivity contribution is 7.92. The van der Waals surface area contributed by atoms with Crippen molar-refractivity contribution in [2.45, 2.75) is 31.2 Å². The van der Waals surface area contributed by atoms with E-state index in [2.05, 4.69) is 15.0 Å². The quantitative estimate of drug-likeness (QED) is 0.886. The molecule has 2 aromatic rings. The molecule has 0 atom stereocenters.